The number of benzene rings is 2. The Kier molecular flexibility index (Phi) is 7.21. The molecule has 3 rings (SSSR count). The Bertz CT molecular complexity index is 1090. The van der Waals surface area contributed by atoms with Gasteiger partial charge in [-0.3, -0.25) is 14.2 Å². The predicted molar refractivity (Wildman–Crippen MR) is 124 cm³/mol. The van der Waals surface area contributed by atoms with Crippen molar-refractivity contribution < 1.29 is 4.79 Å². The first-order valence-corrected chi connectivity index (χ1v) is 11.3. The van der Waals surface area contributed by atoms with Gasteiger partial charge in [-0.2, -0.15) is 0 Å². The third-order valence-electron chi connectivity index (χ3n) is 4.79. The molecule has 7 heteroatoms. The number of aromatic nitrogens is 2. The summed E-state index contributed by atoms with van der Waals surface area (Å²) in [7, 11) is 0. The van der Waals surface area contributed by atoms with Gasteiger partial charge in [0.05, 0.1) is 23.2 Å². The van der Waals surface area contributed by atoms with Crippen LogP contribution in [0, 0.1) is 0 Å². The van der Waals surface area contributed by atoms with E-state index in [9.17, 15) is 9.59 Å². The van der Waals surface area contributed by atoms with E-state index in [1.165, 1.54) is 11.8 Å². The maximum Gasteiger partial charge on any atom is 0.262 e. The van der Waals surface area contributed by atoms with Crippen LogP contribution in [0.25, 0.3) is 10.9 Å². The van der Waals surface area contributed by atoms with E-state index < -0.39 is 0 Å². The second-order valence-electron chi connectivity index (χ2n) is 7.71. The second-order valence-corrected chi connectivity index (χ2v) is 9.09. The smallest absolute Gasteiger partial charge is 0.262 e. The molecule has 0 atom stereocenters. The van der Waals surface area contributed by atoms with E-state index in [0.717, 1.165) is 5.56 Å². The lowest BCUT2D eigenvalue weighted by atomic mass is 10.2. The highest BCUT2D eigenvalue weighted by molar-refractivity contribution is 7.99. The Hall–Kier alpha value is -2.31. The standard InChI is InChI=1S/C23H26ClN3O2S/c1-15(2)27(16(3)4)21(28)14-30-23-25-20-12-18(24)10-11-19(20)22(29)26(23)13-17-8-6-5-7-9-17/h5-12,15-16H,13-14H2,1-4H3. The molecule has 1 aromatic heterocycles. The van der Waals surface area contributed by atoms with E-state index in [-0.39, 0.29) is 29.3 Å². The van der Waals surface area contributed by atoms with Gasteiger partial charge in [-0.1, -0.05) is 53.7 Å². The summed E-state index contributed by atoms with van der Waals surface area (Å²) in [5.74, 6) is 0.237. The van der Waals surface area contributed by atoms with E-state index in [1.807, 2.05) is 62.9 Å². The van der Waals surface area contributed by atoms with Crippen molar-refractivity contribution in [2.45, 2.75) is 51.5 Å². The molecule has 0 saturated carbocycles. The minimum absolute atomic E-state index is 0.0247. The molecule has 158 valence electrons. The van der Waals surface area contributed by atoms with Crippen LogP contribution in [0.5, 0.6) is 0 Å². The van der Waals surface area contributed by atoms with Crippen LogP contribution in [0.4, 0.5) is 0 Å². The number of halogens is 1. The van der Waals surface area contributed by atoms with E-state index >= 15 is 0 Å². The average Bonchev–Trinajstić information content (AvgIpc) is 2.69. The zero-order valence-electron chi connectivity index (χ0n) is 17.6. The van der Waals surface area contributed by atoms with Crippen molar-refractivity contribution in [1.29, 1.82) is 0 Å². The van der Waals surface area contributed by atoms with Gasteiger partial charge in [0.25, 0.3) is 5.56 Å². The van der Waals surface area contributed by atoms with Gasteiger partial charge in [0.1, 0.15) is 0 Å². The highest BCUT2D eigenvalue weighted by atomic mass is 35.5. The predicted octanol–water partition coefficient (Wildman–Crippen LogP) is 4.84. The molecule has 0 saturated heterocycles. The zero-order valence-corrected chi connectivity index (χ0v) is 19.2. The van der Waals surface area contributed by atoms with Gasteiger partial charge in [-0.15, -0.1) is 0 Å². The van der Waals surface area contributed by atoms with Gasteiger partial charge in [-0.05, 0) is 51.5 Å². The molecule has 0 N–H and O–H groups in total. The Morgan fingerprint density at radius 2 is 1.77 bits per heavy atom. The SMILES string of the molecule is CC(C)N(C(=O)CSc1nc2cc(Cl)ccc2c(=O)n1Cc1ccccc1)C(C)C. The van der Waals surface area contributed by atoms with Gasteiger partial charge in [0, 0.05) is 17.1 Å². The van der Waals surface area contributed by atoms with Gasteiger partial charge >= 0.3 is 0 Å². The summed E-state index contributed by atoms with van der Waals surface area (Å²) >= 11 is 7.41. The fraction of sp³-hybridized carbons (Fsp3) is 0.348. The molecular formula is C23H26ClN3O2S. The molecule has 0 bridgehead atoms. The Labute approximate surface area is 186 Å². The third kappa shape index (κ3) is 5.05. The molecule has 1 heterocycles. The quantitative estimate of drug-likeness (QED) is 0.387. The molecule has 0 unspecified atom stereocenters. The molecule has 2 aromatic carbocycles. The number of rotatable bonds is 7. The highest BCUT2D eigenvalue weighted by Crippen LogP contribution is 2.22. The van der Waals surface area contributed by atoms with Crippen LogP contribution in [0.15, 0.2) is 58.5 Å². The Balaban J connectivity index is 1.99. The van der Waals surface area contributed by atoms with E-state index in [2.05, 4.69) is 4.98 Å². The van der Waals surface area contributed by atoms with Crippen molar-refractivity contribution in [2.24, 2.45) is 0 Å². The number of amides is 1. The molecule has 0 radical (unpaired) electrons. The van der Waals surface area contributed by atoms with Crippen LogP contribution in [-0.4, -0.2) is 38.2 Å². The molecule has 30 heavy (non-hydrogen) atoms. The maximum absolute atomic E-state index is 13.2. The summed E-state index contributed by atoms with van der Waals surface area (Å²) in [5, 5.41) is 1.55. The van der Waals surface area contributed by atoms with E-state index in [4.69, 9.17) is 11.6 Å². The van der Waals surface area contributed by atoms with Gasteiger partial charge in [0.15, 0.2) is 5.16 Å². The van der Waals surface area contributed by atoms with Crippen LogP contribution in [0.2, 0.25) is 5.02 Å². The minimum atomic E-state index is -0.139. The summed E-state index contributed by atoms with van der Waals surface area (Å²) < 4.78 is 1.64. The molecule has 1 amide bonds. The lowest BCUT2D eigenvalue weighted by Crippen LogP contribution is -2.43. The molecule has 0 aliphatic rings. The number of hydrogen-bond acceptors (Lipinski definition) is 4. The fourth-order valence-electron chi connectivity index (χ4n) is 3.56. The van der Waals surface area contributed by atoms with Crippen molar-refractivity contribution in [3.8, 4) is 0 Å². The Morgan fingerprint density at radius 1 is 1.10 bits per heavy atom. The first kappa shape index (κ1) is 22.4. The van der Waals surface area contributed by atoms with Gasteiger partial charge < -0.3 is 4.90 Å². The summed E-state index contributed by atoms with van der Waals surface area (Å²) in [4.78, 5) is 32.6. The van der Waals surface area contributed by atoms with Crippen LogP contribution in [0.1, 0.15) is 33.3 Å². The highest BCUT2D eigenvalue weighted by Gasteiger charge is 2.21. The molecule has 3 aromatic rings. The van der Waals surface area contributed by atoms with Crippen LogP contribution in [0.3, 0.4) is 0 Å². The van der Waals surface area contributed by atoms with Gasteiger partial charge in [-0.25, -0.2) is 4.98 Å². The zero-order chi connectivity index (χ0) is 21.8. The number of carbonyl (C=O) groups excluding carboxylic acids is 1. The molecule has 5 nitrogen and oxygen atoms in total. The minimum Gasteiger partial charge on any atom is -0.337 e. The van der Waals surface area contributed by atoms with Crippen molar-refractivity contribution in [3.63, 3.8) is 0 Å². The molecule has 0 aliphatic heterocycles. The first-order valence-electron chi connectivity index (χ1n) is 9.96. The number of nitrogens with zero attached hydrogens (tertiary/aromatic N) is 3. The molecular weight excluding hydrogens is 418 g/mol. The number of thioether (sulfide) groups is 1. The third-order valence-corrected chi connectivity index (χ3v) is 5.99. The van der Waals surface area contributed by atoms with Crippen molar-refractivity contribution >= 4 is 40.2 Å². The topological polar surface area (TPSA) is 55.2 Å². The summed E-state index contributed by atoms with van der Waals surface area (Å²) in [5.41, 5.74) is 1.39. The van der Waals surface area contributed by atoms with Crippen molar-refractivity contribution in [3.05, 3.63) is 69.5 Å². The number of hydrogen-bond donors (Lipinski definition) is 0. The summed E-state index contributed by atoms with van der Waals surface area (Å²) in [6, 6.07) is 15.0. The van der Waals surface area contributed by atoms with Gasteiger partial charge in [0.2, 0.25) is 5.91 Å². The van der Waals surface area contributed by atoms with Crippen LogP contribution < -0.4 is 5.56 Å². The average molecular weight is 444 g/mol. The largest absolute Gasteiger partial charge is 0.337 e. The molecule has 0 aliphatic carbocycles. The monoisotopic (exact) mass is 443 g/mol. The van der Waals surface area contributed by atoms with E-state index in [0.29, 0.717) is 27.6 Å². The van der Waals surface area contributed by atoms with Crippen molar-refractivity contribution in [1.82, 2.24) is 14.5 Å². The Morgan fingerprint density at radius 3 is 2.40 bits per heavy atom. The molecule has 0 spiro atoms. The lowest BCUT2D eigenvalue weighted by Gasteiger charge is -2.30. The van der Waals surface area contributed by atoms with E-state index in [1.54, 1.807) is 22.8 Å². The first-order chi connectivity index (χ1) is 14.3. The van der Waals surface area contributed by atoms with Crippen LogP contribution in [-0.2, 0) is 11.3 Å². The fourth-order valence-corrected chi connectivity index (χ4v) is 4.60. The summed E-state index contributed by atoms with van der Waals surface area (Å²) in [6.45, 7) is 8.41. The lowest BCUT2D eigenvalue weighted by molar-refractivity contribution is -0.131. The molecule has 0 fully saturated rings. The normalized spacial score (nSPS) is 11.4. The number of fused-ring (bicyclic) bond motifs is 1. The maximum atomic E-state index is 13.2. The van der Waals surface area contributed by atoms with Crippen LogP contribution >= 0.6 is 23.4 Å². The number of carbonyl (C=O) groups is 1. The summed E-state index contributed by atoms with van der Waals surface area (Å²) in [6.07, 6.45) is 0. The second kappa shape index (κ2) is 9.67. The van der Waals surface area contributed by atoms with Crippen molar-refractivity contribution in [2.75, 3.05) is 5.75 Å².